The minimum Gasteiger partial charge on any atom is -0.496 e. The SMILES string of the molecule is COc1c(C)cc(-c2ccc3nc(C(=O)NCCN4CCOCC4)cn3c2)cc1C. The van der Waals surface area contributed by atoms with E-state index in [2.05, 4.69) is 27.3 Å². The lowest BCUT2D eigenvalue weighted by atomic mass is 10.0. The number of hydrogen-bond donors (Lipinski definition) is 1. The monoisotopic (exact) mass is 408 g/mol. The van der Waals surface area contributed by atoms with Crippen molar-refractivity contribution in [2.75, 3.05) is 46.5 Å². The van der Waals surface area contributed by atoms with Gasteiger partial charge in [0.25, 0.3) is 5.91 Å². The number of hydrogen-bond acceptors (Lipinski definition) is 5. The van der Waals surface area contributed by atoms with Crippen LogP contribution in [0, 0.1) is 13.8 Å². The van der Waals surface area contributed by atoms with Gasteiger partial charge in [-0.1, -0.05) is 0 Å². The quantitative estimate of drug-likeness (QED) is 0.679. The van der Waals surface area contributed by atoms with Crippen LogP contribution in [0.25, 0.3) is 16.8 Å². The number of carbonyl (C=O) groups is 1. The van der Waals surface area contributed by atoms with Crippen molar-refractivity contribution in [3.8, 4) is 16.9 Å². The largest absolute Gasteiger partial charge is 0.496 e. The number of amides is 1. The van der Waals surface area contributed by atoms with Crippen LogP contribution in [-0.4, -0.2) is 66.7 Å². The highest BCUT2D eigenvalue weighted by Gasteiger charge is 2.14. The molecule has 1 N–H and O–H groups in total. The molecule has 0 bridgehead atoms. The van der Waals surface area contributed by atoms with Crippen molar-refractivity contribution >= 4 is 11.6 Å². The van der Waals surface area contributed by atoms with Gasteiger partial charge in [0.2, 0.25) is 0 Å². The molecule has 158 valence electrons. The Balaban J connectivity index is 1.47. The molecule has 3 heterocycles. The zero-order valence-corrected chi connectivity index (χ0v) is 17.8. The van der Waals surface area contributed by atoms with E-state index in [0.717, 1.165) is 66.5 Å². The molecule has 7 nitrogen and oxygen atoms in total. The molecule has 1 amide bonds. The number of aryl methyl sites for hydroxylation is 2. The molecule has 30 heavy (non-hydrogen) atoms. The molecule has 0 saturated carbocycles. The van der Waals surface area contributed by atoms with Gasteiger partial charge in [-0.15, -0.1) is 0 Å². The van der Waals surface area contributed by atoms with Gasteiger partial charge in [-0.3, -0.25) is 9.69 Å². The smallest absolute Gasteiger partial charge is 0.271 e. The average Bonchev–Trinajstić information content (AvgIpc) is 3.18. The second-order valence-electron chi connectivity index (χ2n) is 7.66. The molecular weight excluding hydrogens is 380 g/mol. The molecule has 0 atom stereocenters. The van der Waals surface area contributed by atoms with Gasteiger partial charge in [0.05, 0.1) is 20.3 Å². The number of aromatic nitrogens is 2. The van der Waals surface area contributed by atoms with Gasteiger partial charge in [0.15, 0.2) is 0 Å². The van der Waals surface area contributed by atoms with Crippen LogP contribution in [0.1, 0.15) is 21.6 Å². The van der Waals surface area contributed by atoms with Crippen molar-refractivity contribution < 1.29 is 14.3 Å². The first-order valence-electron chi connectivity index (χ1n) is 10.3. The zero-order chi connectivity index (χ0) is 21.1. The number of methoxy groups -OCH3 is 1. The normalized spacial score (nSPS) is 14.8. The molecule has 0 radical (unpaired) electrons. The lowest BCUT2D eigenvalue weighted by molar-refractivity contribution is 0.0383. The predicted octanol–water partition coefficient (Wildman–Crippen LogP) is 2.69. The molecule has 1 aromatic carbocycles. The molecule has 1 saturated heterocycles. The number of nitrogens with zero attached hydrogens (tertiary/aromatic N) is 3. The van der Waals surface area contributed by atoms with Gasteiger partial charge < -0.3 is 19.2 Å². The summed E-state index contributed by atoms with van der Waals surface area (Å²) in [6.45, 7) is 8.86. The molecule has 4 rings (SSSR count). The van der Waals surface area contributed by atoms with Crippen molar-refractivity contribution in [3.63, 3.8) is 0 Å². The number of nitrogens with one attached hydrogen (secondary N) is 1. The Morgan fingerprint density at radius 1 is 1.13 bits per heavy atom. The highest BCUT2D eigenvalue weighted by Crippen LogP contribution is 2.30. The Hall–Kier alpha value is -2.90. The number of pyridine rings is 1. The zero-order valence-electron chi connectivity index (χ0n) is 17.8. The molecule has 0 spiro atoms. The number of morpholine rings is 1. The van der Waals surface area contributed by atoms with Crippen molar-refractivity contribution in [2.45, 2.75) is 13.8 Å². The van der Waals surface area contributed by atoms with E-state index < -0.39 is 0 Å². The molecule has 1 aliphatic heterocycles. The number of rotatable bonds is 6. The van der Waals surface area contributed by atoms with E-state index >= 15 is 0 Å². The Bertz CT molecular complexity index is 1030. The van der Waals surface area contributed by atoms with Crippen LogP contribution in [0.4, 0.5) is 0 Å². The summed E-state index contributed by atoms with van der Waals surface area (Å²) in [5.74, 6) is 0.767. The third-order valence-corrected chi connectivity index (χ3v) is 5.50. The first-order chi connectivity index (χ1) is 14.5. The predicted molar refractivity (Wildman–Crippen MR) is 116 cm³/mol. The standard InChI is InChI=1S/C23H28N4O3/c1-16-12-19(13-17(2)22(16)29-3)18-4-5-21-25-20(15-27(21)14-18)23(28)24-6-7-26-8-10-30-11-9-26/h4-5,12-15H,6-11H2,1-3H3,(H,24,28). The highest BCUT2D eigenvalue weighted by molar-refractivity contribution is 5.92. The van der Waals surface area contributed by atoms with Crippen molar-refractivity contribution in [1.82, 2.24) is 19.6 Å². The fraction of sp³-hybridized carbons (Fsp3) is 0.391. The lowest BCUT2D eigenvalue weighted by Crippen LogP contribution is -2.41. The van der Waals surface area contributed by atoms with E-state index in [4.69, 9.17) is 9.47 Å². The number of fused-ring (bicyclic) bond motifs is 1. The summed E-state index contributed by atoms with van der Waals surface area (Å²) in [5.41, 5.74) is 5.54. The van der Waals surface area contributed by atoms with Crippen LogP contribution in [0.3, 0.4) is 0 Å². The van der Waals surface area contributed by atoms with Crippen molar-refractivity contribution in [3.05, 3.63) is 53.5 Å². The van der Waals surface area contributed by atoms with Crippen LogP contribution < -0.4 is 10.1 Å². The maximum Gasteiger partial charge on any atom is 0.271 e. The summed E-state index contributed by atoms with van der Waals surface area (Å²) in [7, 11) is 1.69. The highest BCUT2D eigenvalue weighted by atomic mass is 16.5. The minimum atomic E-state index is -0.148. The van der Waals surface area contributed by atoms with E-state index in [0.29, 0.717) is 12.2 Å². The topological polar surface area (TPSA) is 68.1 Å². The summed E-state index contributed by atoms with van der Waals surface area (Å²) in [5, 5.41) is 2.97. The Labute approximate surface area is 176 Å². The van der Waals surface area contributed by atoms with Crippen molar-refractivity contribution in [2.24, 2.45) is 0 Å². The van der Waals surface area contributed by atoms with Crippen LogP contribution in [-0.2, 0) is 4.74 Å². The lowest BCUT2D eigenvalue weighted by Gasteiger charge is -2.26. The van der Waals surface area contributed by atoms with Gasteiger partial charge >= 0.3 is 0 Å². The summed E-state index contributed by atoms with van der Waals surface area (Å²) in [4.78, 5) is 19.3. The third-order valence-electron chi connectivity index (χ3n) is 5.50. The van der Waals surface area contributed by atoms with Crippen LogP contribution in [0.5, 0.6) is 5.75 Å². The molecule has 0 unspecified atom stereocenters. The van der Waals surface area contributed by atoms with Gasteiger partial charge in [-0.25, -0.2) is 4.98 Å². The maximum atomic E-state index is 12.5. The second-order valence-corrected chi connectivity index (χ2v) is 7.66. The van der Waals surface area contributed by atoms with E-state index in [1.165, 1.54) is 0 Å². The van der Waals surface area contributed by atoms with Crippen LogP contribution in [0.2, 0.25) is 0 Å². The summed E-state index contributed by atoms with van der Waals surface area (Å²) >= 11 is 0. The number of ether oxygens (including phenoxy) is 2. The number of carbonyl (C=O) groups excluding carboxylic acids is 1. The molecule has 1 aliphatic rings. The maximum absolute atomic E-state index is 12.5. The number of benzene rings is 1. The fourth-order valence-corrected chi connectivity index (χ4v) is 3.95. The average molecular weight is 409 g/mol. The third kappa shape index (κ3) is 4.32. The van der Waals surface area contributed by atoms with Crippen LogP contribution >= 0.6 is 0 Å². The summed E-state index contributed by atoms with van der Waals surface area (Å²) in [6, 6.07) is 8.20. The van der Waals surface area contributed by atoms with Gasteiger partial charge in [0, 0.05) is 38.6 Å². The molecule has 1 fully saturated rings. The molecule has 3 aromatic rings. The molecule has 7 heteroatoms. The number of imidazole rings is 1. The summed E-state index contributed by atoms with van der Waals surface area (Å²) < 4.78 is 12.7. The first kappa shape index (κ1) is 20.4. The van der Waals surface area contributed by atoms with Gasteiger partial charge in [-0.05, 0) is 60.4 Å². The second kappa shape index (κ2) is 8.85. The molecule has 2 aromatic heterocycles. The van der Waals surface area contributed by atoms with Crippen LogP contribution in [0.15, 0.2) is 36.7 Å². The van der Waals surface area contributed by atoms with E-state index in [-0.39, 0.29) is 5.91 Å². The van der Waals surface area contributed by atoms with Gasteiger partial charge in [-0.2, -0.15) is 0 Å². The Kier molecular flexibility index (Phi) is 6.01. The molecular formula is C23H28N4O3. The fourth-order valence-electron chi connectivity index (χ4n) is 3.95. The molecule has 0 aliphatic carbocycles. The Morgan fingerprint density at radius 2 is 1.87 bits per heavy atom. The van der Waals surface area contributed by atoms with Gasteiger partial charge in [0.1, 0.15) is 17.1 Å². The van der Waals surface area contributed by atoms with Crippen molar-refractivity contribution in [1.29, 1.82) is 0 Å². The van der Waals surface area contributed by atoms with E-state index in [1.807, 2.05) is 36.6 Å². The van der Waals surface area contributed by atoms with E-state index in [1.54, 1.807) is 13.3 Å². The van der Waals surface area contributed by atoms with E-state index in [9.17, 15) is 4.79 Å². The Morgan fingerprint density at radius 3 is 2.57 bits per heavy atom. The first-order valence-corrected chi connectivity index (χ1v) is 10.3. The summed E-state index contributed by atoms with van der Waals surface area (Å²) in [6.07, 6.45) is 3.79. The minimum absolute atomic E-state index is 0.148.